The molecule has 0 aromatic heterocycles. The van der Waals surface area contributed by atoms with Crippen LogP contribution in [0, 0.1) is 0 Å². The van der Waals surface area contributed by atoms with Crippen molar-refractivity contribution in [1.82, 2.24) is 4.31 Å². The SMILES string of the molecule is O=S(=O)(c1ccccc1)C1CCN(S(=O)(=O)c2ccc3c(c2)CCCC3)C1. The molecule has 5 nitrogen and oxygen atoms in total. The van der Waals surface area contributed by atoms with Gasteiger partial charge in [-0.2, -0.15) is 4.31 Å². The molecule has 1 fully saturated rings. The number of fused-ring (bicyclic) bond motifs is 1. The fourth-order valence-corrected chi connectivity index (χ4v) is 7.35. The summed E-state index contributed by atoms with van der Waals surface area (Å²) < 4.78 is 53.1. The molecule has 2 aliphatic rings. The zero-order chi connectivity index (χ0) is 19.1. The van der Waals surface area contributed by atoms with E-state index in [-0.39, 0.29) is 22.9 Å². The fraction of sp³-hybridized carbons (Fsp3) is 0.400. The van der Waals surface area contributed by atoms with Crippen molar-refractivity contribution in [2.24, 2.45) is 0 Å². The van der Waals surface area contributed by atoms with Gasteiger partial charge in [0.1, 0.15) is 0 Å². The number of hydrogen-bond acceptors (Lipinski definition) is 4. The van der Waals surface area contributed by atoms with Crippen LogP contribution in [0.4, 0.5) is 0 Å². The highest BCUT2D eigenvalue weighted by molar-refractivity contribution is 7.92. The second kappa shape index (κ2) is 7.04. The first-order valence-corrected chi connectivity index (χ1v) is 12.3. The van der Waals surface area contributed by atoms with E-state index in [0.717, 1.165) is 31.2 Å². The zero-order valence-corrected chi connectivity index (χ0v) is 16.7. The minimum absolute atomic E-state index is 0.0106. The highest BCUT2D eigenvalue weighted by atomic mass is 32.2. The van der Waals surface area contributed by atoms with Gasteiger partial charge in [-0.25, -0.2) is 16.8 Å². The molecule has 0 radical (unpaired) electrons. The minimum atomic E-state index is -3.68. The Morgan fingerprint density at radius 1 is 0.815 bits per heavy atom. The van der Waals surface area contributed by atoms with Crippen molar-refractivity contribution in [1.29, 1.82) is 0 Å². The lowest BCUT2D eigenvalue weighted by Gasteiger charge is -2.20. The molecule has 0 amide bonds. The second-order valence-electron chi connectivity index (χ2n) is 7.27. The van der Waals surface area contributed by atoms with Crippen molar-refractivity contribution in [2.45, 2.75) is 47.1 Å². The fourth-order valence-electron chi connectivity index (χ4n) is 3.99. The van der Waals surface area contributed by atoms with Crippen LogP contribution in [0.5, 0.6) is 0 Å². The number of sulfonamides is 1. The molecule has 1 heterocycles. The maximum atomic E-state index is 13.1. The summed E-state index contributed by atoms with van der Waals surface area (Å²) in [6.07, 6.45) is 4.45. The van der Waals surface area contributed by atoms with Crippen LogP contribution in [-0.2, 0) is 32.7 Å². The molecular weight excluding hydrogens is 382 g/mol. The van der Waals surface area contributed by atoms with E-state index in [9.17, 15) is 16.8 Å². The van der Waals surface area contributed by atoms with E-state index in [4.69, 9.17) is 0 Å². The maximum absolute atomic E-state index is 13.1. The summed E-state index contributed by atoms with van der Waals surface area (Å²) in [5, 5.41) is -0.702. The first-order chi connectivity index (χ1) is 12.9. The summed E-state index contributed by atoms with van der Waals surface area (Å²) in [7, 11) is -7.21. The summed E-state index contributed by atoms with van der Waals surface area (Å²) in [6, 6.07) is 13.6. The summed E-state index contributed by atoms with van der Waals surface area (Å²) in [6.45, 7) is 0.243. The van der Waals surface area contributed by atoms with Crippen LogP contribution in [0.2, 0.25) is 0 Å². The van der Waals surface area contributed by atoms with E-state index in [2.05, 4.69) is 0 Å². The highest BCUT2D eigenvalue weighted by Gasteiger charge is 2.39. The van der Waals surface area contributed by atoms with Crippen LogP contribution in [0.3, 0.4) is 0 Å². The van der Waals surface area contributed by atoms with Gasteiger partial charge in [-0.1, -0.05) is 24.3 Å². The van der Waals surface area contributed by atoms with Crippen molar-refractivity contribution in [3.05, 3.63) is 59.7 Å². The molecule has 1 unspecified atom stereocenters. The Labute approximate surface area is 161 Å². The Morgan fingerprint density at radius 2 is 1.52 bits per heavy atom. The van der Waals surface area contributed by atoms with Gasteiger partial charge in [0.25, 0.3) is 0 Å². The van der Waals surface area contributed by atoms with Gasteiger partial charge in [-0.15, -0.1) is 0 Å². The predicted molar refractivity (Wildman–Crippen MR) is 104 cm³/mol. The van der Waals surface area contributed by atoms with Crippen molar-refractivity contribution in [3.8, 4) is 0 Å². The van der Waals surface area contributed by atoms with Gasteiger partial charge in [0.15, 0.2) is 9.84 Å². The number of nitrogens with zero attached hydrogens (tertiary/aromatic N) is 1. The third-order valence-electron chi connectivity index (χ3n) is 5.58. The minimum Gasteiger partial charge on any atom is -0.223 e. The molecule has 0 spiro atoms. The molecule has 2 aromatic carbocycles. The summed E-state index contributed by atoms with van der Waals surface area (Å²) >= 11 is 0. The van der Waals surface area contributed by atoms with Gasteiger partial charge in [0.2, 0.25) is 10.0 Å². The highest BCUT2D eigenvalue weighted by Crippen LogP contribution is 2.30. The number of benzene rings is 2. The lowest BCUT2D eigenvalue weighted by molar-refractivity contribution is 0.476. The van der Waals surface area contributed by atoms with E-state index in [0.29, 0.717) is 6.42 Å². The molecule has 2 aromatic rings. The second-order valence-corrected chi connectivity index (χ2v) is 11.4. The van der Waals surface area contributed by atoms with Gasteiger partial charge in [0, 0.05) is 13.1 Å². The first-order valence-electron chi connectivity index (χ1n) is 9.30. The molecule has 0 bridgehead atoms. The van der Waals surface area contributed by atoms with E-state index in [1.165, 1.54) is 9.87 Å². The monoisotopic (exact) mass is 405 g/mol. The van der Waals surface area contributed by atoms with E-state index in [1.54, 1.807) is 42.5 Å². The standard InChI is InChI=1S/C20H23NO4S2/c22-26(23,18-8-2-1-3-9-18)20-12-13-21(15-20)27(24,25)19-11-10-16-6-4-5-7-17(16)14-19/h1-3,8-11,14,20H,4-7,12-13,15H2. The van der Waals surface area contributed by atoms with Gasteiger partial charge < -0.3 is 0 Å². The van der Waals surface area contributed by atoms with Crippen molar-refractivity contribution >= 4 is 19.9 Å². The van der Waals surface area contributed by atoms with Gasteiger partial charge in [-0.05, 0) is 67.5 Å². The Balaban J connectivity index is 1.58. The third kappa shape index (κ3) is 3.44. The molecule has 1 saturated heterocycles. The largest absolute Gasteiger partial charge is 0.243 e. The summed E-state index contributed by atoms with van der Waals surface area (Å²) in [5.74, 6) is 0. The maximum Gasteiger partial charge on any atom is 0.243 e. The van der Waals surface area contributed by atoms with Crippen LogP contribution in [0.25, 0.3) is 0 Å². The Bertz CT molecular complexity index is 1050. The summed E-state index contributed by atoms with van der Waals surface area (Å²) in [4.78, 5) is 0.531. The Kier molecular flexibility index (Phi) is 4.86. The van der Waals surface area contributed by atoms with Crippen LogP contribution in [-0.4, -0.2) is 39.5 Å². The van der Waals surface area contributed by atoms with Crippen molar-refractivity contribution in [2.75, 3.05) is 13.1 Å². The molecule has 0 N–H and O–H groups in total. The molecule has 1 aliphatic carbocycles. The van der Waals surface area contributed by atoms with Crippen LogP contribution >= 0.6 is 0 Å². The van der Waals surface area contributed by atoms with Crippen LogP contribution in [0.1, 0.15) is 30.4 Å². The average molecular weight is 406 g/mol. The van der Waals surface area contributed by atoms with Crippen molar-refractivity contribution < 1.29 is 16.8 Å². The first kappa shape index (κ1) is 18.7. The lowest BCUT2D eigenvalue weighted by atomic mass is 9.92. The molecule has 144 valence electrons. The zero-order valence-electron chi connectivity index (χ0n) is 15.0. The Hall–Kier alpha value is -1.70. The summed E-state index contributed by atoms with van der Waals surface area (Å²) in [5.41, 5.74) is 2.33. The third-order valence-corrected chi connectivity index (χ3v) is 9.63. The number of rotatable bonds is 4. The molecular formula is C20H23NO4S2. The number of aryl methyl sites for hydroxylation is 2. The van der Waals surface area contributed by atoms with Crippen molar-refractivity contribution in [3.63, 3.8) is 0 Å². The quantitative estimate of drug-likeness (QED) is 0.784. The molecule has 1 atom stereocenters. The van der Waals surface area contributed by atoms with Gasteiger partial charge in [0.05, 0.1) is 15.0 Å². The smallest absolute Gasteiger partial charge is 0.223 e. The average Bonchev–Trinajstić information content (AvgIpc) is 3.20. The Morgan fingerprint density at radius 3 is 2.26 bits per heavy atom. The number of sulfone groups is 1. The molecule has 27 heavy (non-hydrogen) atoms. The van der Waals surface area contributed by atoms with E-state index in [1.807, 2.05) is 6.07 Å². The lowest BCUT2D eigenvalue weighted by Crippen LogP contribution is -2.32. The topological polar surface area (TPSA) is 71.5 Å². The van der Waals surface area contributed by atoms with Gasteiger partial charge in [-0.3, -0.25) is 0 Å². The molecule has 0 saturated carbocycles. The van der Waals surface area contributed by atoms with Gasteiger partial charge >= 0.3 is 0 Å². The van der Waals surface area contributed by atoms with E-state index < -0.39 is 25.1 Å². The molecule has 1 aliphatic heterocycles. The molecule has 4 rings (SSSR count). The predicted octanol–water partition coefficient (Wildman–Crippen LogP) is 2.80. The number of hydrogen-bond donors (Lipinski definition) is 0. The van der Waals surface area contributed by atoms with E-state index >= 15 is 0 Å². The van der Waals surface area contributed by atoms with Crippen LogP contribution < -0.4 is 0 Å². The molecule has 7 heteroatoms. The normalized spacial score (nSPS) is 21.1. The van der Waals surface area contributed by atoms with Crippen LogP contribution in [0.15, 0.2) is 58.3 Å².